The summed E-state index contributed by atoms with van der Waals surface area (Å²) in [7, 11) is 0. The summed E-state index contributed by atoms with van der Waals surface area (Å²) in [5.41, 5.74) is 1.29. The fourth-order valence-electron chi connectivity index (χ4n) is 2.35. The van der Waals surface area contributed by atoms with E-state index in [-0.39, 0.29) is 12.3 Å². The van der Waals surface area contributed by atoms with Crippen molar-refractivity contribution in [3.63, 3.8) is 0 Å². The van der Waals surface area contributed by atoms with Crippen LogP contribution in [0.4, 0.5) is 0 Å². The van der Waals surface area contributed by atoms with Crippen molar-refractivity contribution in [1.82, 2.24) is 10.3 Å². The van der Waals surface area contributed by atoms with Gasteiger partial charge in [0.15, 0.2) is 0 Å². The monoisotopic (exact) mass is 326 g/mol. The lowest BCUT2D eigenvalue weighted by Crippen LogP contribution is -2.29. The van der Waals surface area contributed by atoms with Gasteiger partial charge in [-0.2, -0.15) is 0 Å². The van der Waals surface area contributed by atoms with Crippen LogP contribution < -0.4 is 5.32 Å². The second-order valence-corrected chi connectivity index (χ2v) is 6.03. The van der Waals surface area contributed by atoms with Gasteiger partial charge in [0.05, 0.1) is 18.0 Å². The first-order chi connectivity index (χ1) is 11.1. The average Bonchev–Trinajstić information content (AvgIpc) is 3.07. The first-order valence-electron chi connectivity index (χ1n) is 7.04. The van der Waals surface area contributed by atoms with Crippen LogP contribution in [0.15, 0.2) is 54.0 Å². The number of pyridine rings is 1. The van der Waals surface area contributed by atoms with Crippen molar-refractivity contribution < 1.29 is 14.7 Å². The minimum absolute atomic E-state index is 0.151. The molecule has 5 nitrogen and oxygen atoms in total. The molecule has 6 heteroatoms. The minimum Gasteiger partial charge on any atom is -0.481 e. The fourth-order valence-corrected chi connectivity index (χ4v) is 3.12. The molecule has 0 unspecified atom stereocenters. The maximum atomic E-state index is 12.5. The van der Waals surface area contributed by atoms with Crippen LogP contribution >= 0.6 is 11.3 Å². The highest BCUT2D eigenvalue weighted by atomic mass is 32.1. The highest BCUT2D eigenvalue weighted by Crippen LogP contribution is 2.23. The van der Waals surface area contributed by atoms with Crippen molar-refractivity contribution in [3.8, 4) is 0 Å². The Bertz CT molecular complexity index is 846. The number of fused-ring (bicyclic) bond motifs is 1. The van der Waals surface area contributed by atoms with Crippen LogP contribution in [0.3, 0.4) is 0 Å². The third-order valence-corrected chi connectivity index (χ3v) is 4.42. The summed E-state index contributed by atoms with van der Waals surface area (Å²) in [6, 6.07) is 12.0. The van der Waals surface area contributed by atoms with E-state index in [0.717, 1.165) is 15.8 Å². The first kappa shape index (κ1) is 15.2. The normalized spacial score (nSPS) is 12.0. The largest absolute Gasteiger partial charge is 0.481 e. The second kappa shape index (κ2) is 6.58. The molecule has 2 N–H and O–H groups in total. The van der Waals surface area contributed by atoms with Crippen molar-refractivity contribution in [2.75, 3.05) is 0 Å². The summed E-state index contributed by atoms with van der Waals surface area (Å²) in [6.07, 6.45) is 1.54. The van der Waals surface area contributed by atoms with Crippen LogP contribution in [0.25, 0.3) is 10.9 Å². The number of rotatable bonds is 5. The molecule has 0 radical (unpaired) electrons. The lowest BCUT2D eigenvalue weighted by molar-refractivity contribution is -0.137. The second-order valence-electron chi connectivity index (χ2n) is 5.05. The van der Waals surface area contributed by atoms with Gasteiger partial charge in [-0.3, -0.25) is 14.6 Å². The molecule has 0 bridgehead atoms. The van der Waals surface area contributed by atoms with Crippen molar-refractivity contribution in [2.24, 2.45) is 0 Å². The number of aromatic nitrogens is 1. The third kappa shape index (κ3) is 3.54. The van der Waals surface area contributed by atoms with E-state index in [1.807, 2.05) is 29.6 Å². The van der Waals surface area contributed by atoms with Gasteiger partial charge < -0.3 is 10.4 Å². The van der Waals surface area contributed by atoms with E-state index in [0.29, 0.717) is 5.56 Å². The van der Waals surface area contributed by atoms with Gasteiger partial charge >= 0.3 is 5.97 Å². The van der Waals surface area contributed by atoms with E-state index >= 15 is 0 Å². The Labute approximate surface area is 136 Å². The number of hydrogen-bond acceptors (Lipinski definition) is 4. The number of nitrogens with zero attached hydrogens (tertiary/aromatic N) is 1. The molecule has 0 saturated carbocycles. The molecule has 0 fully saturated rings. The fraction of sp³-hybridized carbons (Fsp3) is 0.118. The predicted molar refractivity (Wildman–Crippen MR) is 88.5 cm³/mol. The van der Waals surface area contributed by atoms with Gasteiger partial charge in [0, 0.05) is 22.0 Å². The van der Waals surface area contributed by atoms with Crippen molar-refractivity contribution in [2.45, 2.75) is 12.5 Å². The van der Waals surface area contributed by atoms with Gasteiger partial charge in [0.2, 0.25) is 0 Å². The van der Waals surface area contributed by atoms with Crippen LogP contribution in [0.1, 0.15) is 27.7 Å². The molecule has 1 atom stereocenters. The number of carbonyl (C=O) groups is 2. The zero-order valence-corrected chi connectivity index (χ0v) is 12.9. The van der Waals surface area contributed by atoms with E-state index in [9.17, 15) is 9.59 Å². The standard InChI is InChI=1S/C17H14N2O3S/c20-16(21)10-14(15-4-2-8-23-15)19-17(22)12-5-6-13-11(9-12)3-1-7-18-13/h1-9,14H,10H2,(H,19,22)(H,20,21)/t14-/m1/s1. The van der Waals surface area contributed by atoms with Gasteiger partial charge in [-0.05, 0) is 35.7 Å². The van der Waals surface area contributed by atoms with Crippen LogP contribution in [0.2, 0.25) is 0 Å². The highest BCUT2D eigenvalue weighted by Gasteiger charge is 2.19. The molecule has 1 amide bonds. The zero-order valence-electron chi connectivity index (χ0n) is 12.1. The Kier molecular flexibility index (Phi) is 4.34. The molecule has 0 aliphatic carbocycles. The summed E-state index contributed by atoms with van der Waals surface area (Å²) in [6.45, 7) is 0. The van der Waals surface area contributed by atoms with Crippen LogP contribution in [0.5, 0.6) is 0 Å². The minimum atomic E-state index is -0.952. The quantitative estimate of drug-likeness (QED) is 0.754. The molecule has 0 saturated heterocycles. The third-order valence-electron chi connectivity index (χ3n) is 3.44. The maximum absolute atomic E-state index is 12.5. The van der Waals surface area contributed by atoms with Gasteiger partial charge in [-0.15, -0.1) is 11.3 Å². The summed E-state index contributed by atoms with van der Waals surface area (Å²) in [5, 5.41) is 14.6. The summed E-state index contributed by atoms with van der Waals surface area (Å²) in [4.78, 5) is 28.5. The smallest absolute Gasteiger partial charge is 0.305 e. The van der Waals surface area contributed by atoms with E-state index < -0.39 is 12.0 Å². The number of nitrogens with one attached hydrogen (secondary N) is 1. The summed E-state index contributed by atoms with van der Waals surface area (Å²) < 4.78 is 0. The molecule has 3 aromatic rings. The number of aliphatic carboxylic acids is 1. The molecular weight excluding hydrogens is 312 g/mol. The lowest BCUT2D eigenvalue weighted by atomic mass is 10.1. The van der Waals surface area contributed by atoms with E-state index in [1.165, 1.54) is 11.3 Å². The molecule has 23 heavy (non-hydrogen) atoms. The van der Waals surface area contributed by atoms with Crippen molar-refractivity contribution in [3.05, 3.63) is 64.5 Å². The Morgan fingerprint density at radius 3 is 2.83 bits per heavy atom. The Morgan fingerprint density at radius 2 is 2.09 bits per heavy atom. The average molecular weight is 326 g/mol. The molecule has 3 rings (SSSR count). The van der Waals surface area contributed by atoms with Gasteiger partial charge in [-0.1, -0.05) is 12.1 Å². The lowest BCUT2D eigenvalue weighted by Gasteiger charge is -2.15. The van der Waals surface area contributed by atoms with E-state index in [1.54, 1.807) is 24.4 Å². The number of benzene rings is 1. The number of hydrogen-bond donors (Lipinski definition) is 2. The van der Waals surface area contributed by atoms with Crippen LogP contribution in [-0.2, 0) is 4.79 Å². The van der Waals surface area contributed by atoms with Crippen LogP contribution in [-0.4, -0.2) is 22.0 Å². The number of carboxylic acids is 1. The molecule has 2 heterocycles. The van der Waals surface area contributed by atoms with E-state index in [2.05, 4.69) is 10.3 Å². The summed E-state index contributed by atoms with van der Waals surface area (Å²) >= 11 is 1.42. The number of thiophene rings is 1. The molecule has 2 aromatic heterocycles. The van der Waals surface area contributed by atoms with Gasteiger partial charge in [0.25, 0.3) is 5.91 Å². The highest BCUT2D eigenvalue weighted by molar-refractivity contribution is 7.10. The first-order valence-corrected chi connectivity index (χ1v) is 7.92. The summed E-state index contributed by atoms with van der Waals surface area (Å²) in [5.74, 6) is -1.25. The van der Waals surface area contributed by atoms with Gasteiger partial charge in [-0.25, -0.2) is 0 Å². The van der Waals surface area contributed by atoms with Crippen molar-refractivity contribution in [1.29, 1.82) is 0 Å². The molecule has 0 aliphatic rings. The SMILES string of the molecule is O=C(O)C[C@@H](NC(=O)c1ccc2ncccc2c1)c1cccs1. The number of amides is 1. The topological polar surface area (TPSA) is 79.3 Å². The molecule has 0 aliphatic heterocycles. The molecule has 0 spiro atoms. The van der Waals surface area contributed by atoms with Crippen molar-refractivity contribution >= 4 is 34.1 Å². The number of carboxylic acid groups (broad SMARTS) is 1. The van der Waals surface area contributed by atoms with Gasteiger partial charge in [0.1, 0.15) is 0 Å². The zero-order chi connectivity index (χ0) is 16.2. The van der Waals surface area contributed by atoms with E-state index in [4.69, 9.17) is 5.11 Å². The Hall–Kier alpha value is -2.73. The Balaban J connectivity index is 1.83. The molecule has 116 valence electrons. The Morgan fingerprint density at radius 1 is 1.22 bits per heavy atom. The van der Waals surface area contributed by atoms with Crippen LogP contribution in [0, 0.1) is 0 Å². The molecule has 1 aromatic carbocycles. The number of carbonyl (C=O) groups excluding carboxylic acids is 1. The maximum Gasteiger partial charge on any atom is 0.305 e. The molecular formula is C17H14N2O3S. The predicted octanol–water partition coefficient (Wildman–Crippen LogP) is 3.24.